The van der Waals surface area contributed by atoms with Crippen molar-refractivity contribution >= 4 is 29.2 Å². The van der Waals surface area contributed by atoms with Crippen molar-refractivity contribution in [3.8, 4) is 0 Å². The van der Waals surface area contributed by atoms with Gasteiger partial charge in [-0.3, -0.25) is 4.79 Å². The zero-order valence-electron chi connectivity index (χ0n) is 10.2. The Morgan fingerprint density at radius 1 is 1.44 bits per heavy atom. The summed E-state index contributed by atoms with van der Waals surface area (Å²) in [7, 11) is 0. The maximum Gasteiger partial charge on any atom is 0.330 e. The molecule has 1 N–H and O–H groups in total. The van der Waals surface area contributed by atoms with Gasteiger partial charge in [-0.25, -0.2) is 4.79 Å². The van der Waals surface area contributed by atoms with Gasteiger partial charge in [-0.15, -0.1) is 0 Å². The number of benzene rings is 1. The molecule has 0 saturated carbocycles. The third-order valence-electron chi connectivity index (χ3n) is 2.11. The Labute approximate surface area is 111 Å². The Balaban J connectivity index is 2.52. The second-order valence-electron chi connectivity index (χ2n) is 3.62. The first kappa shape index (κ1) is 14.3. The van der Waals surface area contributed by atoms with Gasteiger partial charge in [-0.1, -0.05) is 17.7 Å². The normalized spacial score (nSPS) is 10.4. The van der Waals surface area contributed by atoms with Gasteiger partial charge in [0.05, 0.1) is 0 Å². The van der Waals surface area contributed by atoms with E-state index in [0.29, 0.717) is 10.7 Å². The number of aryl methyl sites for hydroxylation is 1. The van der Waals surface area contributed by atoms with E-state index in [2.05, 4.69) is 5.32 Å². The first-order valence-electron chi connectivity index (χ1n) is 5.38. The quantitative estimate of drug-likeness (QED) is 0.674. The second-order valence-corrected chi connectivity index (χ2v) is 4.05. The van der Waals surface area contributed by atoms with Crippen LogP contribution in [0.5, 0.6) is 0 Å². The summed E-state index contributed by atoms with van der Waals surface area (Å²) in [6, 6.07) is 5.11. The monoisotopic (exact) mass is 267 g/mol. The lowest BCUT2D eigenvalue weighted by Crippen LogP contribution is -2.20. The molecular formula is C13H14ClNO3. The Hall–Kier alpha value is -1.81. The average Bonchev–Trinajstić information content (AvgIpc) is 2.31. The van der Waals surface area contributed by atoms with Crippen LogP contribution in [0.3, 0.4) is 0 Å². The van der Waals surface area contributed by atoms with E-state index in [1.165, 1.54) is 6.08 Å². The van der Waals surface area contributed by atoms with Crippen LogP contribution in [-0.4, -0.2) is 18.5 Å². The predicted molar refractivity (Wildman–Crippen MR) is 70.6 cm³/mol. The van der Waals surface area contributed by atoms with E-state index in [0.717, 1.165) is 5.56 Å². The van der Waals surface area contributed by atoms with Crippen LogP contribution in [0.1, 0.15) is 12.5 Å². The molecule has 18 heavy (non-hydrogen) atoms. The number of hydrogen-bond acceptors (Lipinski definition) is 3. The molecule has 4 nitrogen and oxygen atoms in total. The second kappa shape index (κ2) is 6.81. The molecule has 0 unspecified atom stereocenters. The highest BCUT2D eigenvalue weighted by molar-refractivity contribution is 6.30. The number of esters is 1. The summed E-state index contributed by atoms with van der Waals surface area (Å²) in [5.41, 5.74) is 1.49. The number of ether oxygens (including phenoxy) is 1. The van der Waals surface area contributed by atoms with Gasteiger partial charge in [0.25, 0.3) is 5.91 Å². The average molecular weight is 268 g/mol. The van der Waals surface area contributed by atoms with Gasteiger partial charge in [0.15, 0.2) is 6.61 Å². The number of allylic oxidation sites excluding steroid dienone is 1. The summed E-state index contributed by atoms with van der Waals surface area (Å²) in [6.07, 6.45) is 2.80. The molecule has 0 aliphatic carbocycles. The molecule has 0 saturated heterocycles. The van der Waals surface area contributed by atoms with Gasteiger partial charge in [0.2, 0.25) is 0 Å². The number of carbonyl (C=O) groups excluding carboxylic acids is 2. The standard InChI is InChI=1S/C13H14ClNO3/c1-3-4-13(17)18-8-12(16)15-11-6-5-10(14)7-9(11)2/h3-7H,8H2,1-2H3,(H,15,16)/b4-3+. The Morgan fingerprint density at radius 3 is 2.78 bits per heavy atom. The fourth-order valence-corrected chi connectivity index (χ4v) is 1.50. The predicted octanol–water partition coefficient (Wildman–Crippen LogP) is 2.71. The summed E-state index contributed by atoms with van der Waals surface area (Å²) in [5.74, 6) is -0.932. The topological polar surface area (TPSA) is 55.4 Å². The van der Waals surface area contributed by atoms with Crippen LogP contribution >= 0.6 is 11.6 Å². The molecule has 1 aromatic carbocycles. The smallest absolute Gasteiger partial charge is 0.330 e. The molecule has 0 aromatic heterocycles. The van der Waals surface area contributed by atoms with Gasteiger partial charge < -0.3 is 10.1 Å². The zero-order chi connectivity index (χ0) is 13.5. The van der Waals surface area contributed by atoms with Gasteiger partial charge >= 0.3 is 5.97 Å². The highest BCUT2D eigenvalue weighted by Gasteiger charge is 2.07. The molecule has 0 radical (unpaired) electrons. The zero-order valence-corrected chi connectivity index (χ0v) is 11.0. The molecule has 1 amide bonds. The highest BCUT2D eigenvalue weighted by atomic mass is 35.5. The third-order valence-corrected chi connectivity index (χ3v) is 2.35. The van der Waals surface area contributed by atoms with Gasteiger partial charge in [-0.05, 0) is 37.6 Å². The van der Waals surface area contributed by atoms with Gasteiger partial charge in [0.1, 0.15) is 0 Å². The fourth-order valence-electron chi connectivity index (χ4n) is 1.27. The summed E-state index contributed by atoms with van der Waals surface area (Å²) >= 11 is 5.80. The lowest BCUT2D eigenvalue weighted by Gasteiger charge is -2.08. The maximum absolute atomic E-state index is 11.5. The van der Waals surface area contributed by atoms with Crippen LogP contribution in [0.2, 0.25) is 5.02 Å². The SMILES string of the molecule is C/C=C/C(=O)OCC(=O)Nc1ccc(Cl)cc1C. The number of amides is 1. The van der Waals surface area contributed by atoms with Crippen LogP contribution in [0.25, 0.3) is 0 Å². The summed E-state index contributed by atoms with van der Waals surface area (Å²) in [5, 5.41) is 3.24. The van der Waals surface area contributed by atoms with Crippen LogP contribution in [-0.2, 0) is 14.3 Å². The van der Waals surface area contributed by atoms with Crippen molar-refractivity contribution in [3.63, 3.8) is 0 Å². The van der Waals surface area contributed by atoms with Crippen LogP contribution in [0.15, 0.2) is 30.4 Å². The number of anilines is 1. The Morgan fingerprint density at radius 2 is 2.17 bits per heavy atom. The lowest BCUT2D eigenvalue weighted by atomic mass is 10.2. The van der Waals surface area contributed by atoms with Crippen molar-refractivity contribution in [3.05, 3.63) is 40.9 Å². The molecule has 1 rings (SSSR count). The van der Waals surface area contributed by atoms with Crippen molar-refractivity contribution in [2.24, 2.45) is 0 Å². The minimum Gasteiger partial charge on any atom is -0.452 e. The number of hydrogen-bond donors (Lipinski definition) is 1. The molecule has 1 aromatic rings. The van der Waals surface area contributed by atoms with Gasteiger partial charge in [-0.2, -0.15) is 0 Å². The van der Waals surface area contributed by atoms with E-state index in [1.807, 2.05) is 6.92 Å². The van der Waals surface area contributed by atoms with Crippen molar-refractivity contribution in [1.82, 2.24) is 0 Å². The van der Waals surface area contributed by atoms with Crippen LogP contribution in [0, 0.1) is 6.92 Å². The molecule has 0 atom stereocenters. The van der Waals surface area contributed by atoms with E-state index in [-0.39, 0.29) is 6.61 Å². The fraction of sp³-hybridized carbons (Fsp3) is 0.231. The van der Waals surface area contributed by atoms with Crippen molar-refractivity contribution in [1.29, 1.82) is 0 Å². The largest absolute Gasteiger partial charge is 0.452 e. The molecule has 5 heteroatoms. The summed E-state index contributed by atoms with van der Waals surface area (Å²) < 4.78 is 4.72. The van der Waals surface area contributed by atoms with Crippen LogP contribution < -0.4 is 5.32 Å². The van der Waals surface area contributed by atoms with Crippen molar-refractivity contribution in [2.75, 3.05) is 11.9 Å². The minimum atomic E-state index is -0.541. The summed E-state index contributed by atoms with van der Waals surface area (Å²) in [4.78, 5) is 22.5. The maximum atomic E-state index is 11.5. The number of halogens is 1. The molecule has 0 heterocycles. The molecule has 0 bridgehead atoms. The molecule has 0 aliphatic heterocycles. The van der Waals surface area contributed by atoms with Crippen LogP contribution in [0.4, 0.5) is 5.69 Å². The van der Waals surface area contributed by atoms with E-state index in [4.69, 9.17) is 16.3 Å². The first-order chi connectivity index (χ1) is 8.52. The van der Waals surface area contributed by atoms with E-state index in [1.54, 1.807) is 31.2 Å². The molecular weight excluding hydrogens is 254 g/mol. The summed E-state index contributed by atoms with van der Waals surface area (Å²) in [6.45, 7) is 3.21. The Kier molecular flexibility index (Phi) is 5.39. The van der Waals surface area contributed by atoms with Crippen molar-refractivity contribution < 1.29 is 14.3 Å². The number of rotatable bonds is 4. The number of carbonyl (C=O) groups is 2. The molecule has 0 aliphatic rings. The highest BCUT2D eigenvalue weighted by Crippen LogP contribution is 2.19. The van der Waals surface area contributed by atoms with Crippen molar-refractivity contribution in [2.45, 2.75) is 13.8 Å². The molecule has 0 spiro atoms. The number of nitrogens with one attached hydrogen (secondary N) is 1. The Bertz CT molecular complexity index is 483. The van der Waals surface area contributed by atoms with E-state index in [9.17, 15) is 9.59 Å². The van der Waals surface area contributed by atoms with Gasteiger partial charge in [0, 0.05) is 16.8 Å². The third kappa shape index (κ3) is 4.59. The lowest BCUT2D eigenvalue weighted by molar-refractivity contribution is -0.142. The molecule has 96 valence electrons. The van der Waals surface area contributed by atoms with E-state index < -0.39 is 11.9 Å². The first-order valence-corrected chi connectivity index (χ1v) is 5.76. The minimum absolute atomic E-state index is 0.314. The molecule has 0 fully saturated rings. The van der Waals surface area contributed by atoms with E-state index >= 15 is 0 Å².